The van der Waals surface area contributed by atoms with E-state index in [1.165, 1.54) is 0 Å². The fraction of sp³-hybridized carbons (Fsp3) is 0.412. The fourth-order valence-electron chi connectivity index (χ4n) is 2.86. The predicted molar refractivity (Wildman–Crippen MR) is 85.5 cm³/mol. The molecule has 1 aliphatic rings. The van der Waals surface area contributed by atoms with Crippen LogP contribution in [0.5, 0.6) is 5.75 Å². The van der Waals surface area contributed by atoms with Crippen LogP contribution in [0.4, 0.5) is 5.69 Å². The van der Waals surface area contributed by atoms with Crippen molar-refractivity contribution in [1.82, 2.24) is 9.78 Å². The molecule has 0 N–H and O–H groups in total. The number of carbonyl (C=O) groups is 1. The number of rotatable bonds is 2. The van der Waals surface area contributed by atoms with Crippen molar-refractivity contribution >= 4 is 11.6 Å². The number of aromatic nitrogens is 2. The van der Waals surface area contributed by atoms with E-state index >= 15 is 0 Å². The number of aryl methyl sites for hydroxylation is 3. The van der Waals surface area contributed by atoms with Gasteiger partial charge in [-0.25, -0.2) is 0 Å². The number of benzene rings is 1. The minimum atomic E-state index is -0.0278. The lowest BCUT2D eigenvalue weighted by molar-refractivity contribution is 0.0960. The van der Waals surface area contributed by atoms with Gasteiger partial charge in [0, 0.05) is 13.2 Å². The molecule has 0 aliphatic carbocycles. The summed E-state index contributed by atoms with van der Waals surface area (Å²) >= 11 is 0. The predicted octanol–water partition coefficient (Wildman–Crippen LogP) is 2.72. The summed E-state index contributed by atoms with van der Waals surface area (Å²) in [6.07, 6.45) is 2.51. The van der Waals surface area contributed by atoms with Crippen molar-refractivity contribution in [2.45, 2.75) is 33.3 Å². The standard InChI is InChI=1S/C17H21N3O2/c1-5-14-13(10-19(4)18-14)17(21)20-9-12(3)22-16-8-11(2)6-7-15(16)20/h6-8,10,12H,5,9H2,1-4H3. The molecule has 1 amide bonds. The van der Waals surface area contributed by atoms with Gasteiger partial charge in [-0.3, -0.25) is 9.48 Å². The Hall–Kier alpha value is -2.30. The molecular formula is C17H21N3O2. The second kappa shape index (κ2) is 5.48. The van der Waals surface area contributed by atoms with Crippen molar-refractivity contribution in [1.29, 1.82) is 0 Å². The van der Waals surface area contributed by atoms with Crippen molar-refractivity contribution in [2.24, 2.45) is 7.05 Å². The smallest absolute Gasteiger partial charge is 0.261 e. The van der Waals surface area contributed by atoms with Crippen LogP contribution in [0.3, 0.4) is 0 Å². The zero-order valence-corrected chi connectivity index (χ0v) is 13.5. The maximum atomic E-state index is 13.0. The summed E-state index contributed by atoms with van der Waals surface area (Å²) in [5, 5.41) is 4.37. The third kappa shape index (κ3) is 2.47. The molecule has 2 aromatic rings. The molecule has 0 saturated heterocycles. The summed E-state index contributed by atoms with van der Waals surface area (Å²) in [7, 11) is 1.84. The molecule has 1 unspecified atom stereocenters. The number of hydrogen-bond donors (Lipinski definition) is 0. The van der Waals surface area contributed by atoms with E-state index in [4.69, 9.17) is 4.74 Å². The van der Waals surface area contributed by atoms with Gasteiger partial charge in [-0.05, 0) is 38.0 Å². The molecule has 116 valence electrons. The molecule has 1 aromatic carbocycles. The van der Waals surface area contributed by atoms with Crippen LogP contribution in [-0.4, -0.2) is 28.3 Å². The van der Waals surface area contributed by atoms with E-state index in [1.54, 1.807) is 15.8 Å². The number of anilines is 1. The number of hydrogen-bond acceptors (Lipinski definition) is 3. The Kier molecular flexibility index (Phi) is 3.64. The molecule has 1 atom stereocenters. The Bertz CT molecular complexity index is 721. The minimum absolute atomic E-state index is 0.00907. The lowest BCUT2D eigenvalue weighted by Crippen LogP contribution is -2.42. The zero-order chi connectivity index (χ0) is 15.9. The van der Waals surface area contributed by atoms with Crippen molar-refractivity contribution in [2.75, 3.05) is 11.4 Å². The summed E-state index contributed by atoms with van der Waals surface area (Å²) in [4.78, 5) is 14.8. The Balaban J connectivity index is 2.03. The van der Waals surface area contributed by atoms with Gasteiger partial charge in [0.15, 0.2) is 0 Å². The largest absolute Gasteiger partial charge is 0.487 e. The molecule has 1 aliphatic heterocycles. The molecule has 0 radical (unpaired) electrons. The molecule has 0 bridgehead atoms. The van der Waals surface area contributed by atoms with Crippen molar-refractivity contribution < 1.29 is 9.53 Å². The molecule has 1 aromatic heterocycles. The topological polar surface area (TPSA) is 47.4 Å². The van der Waals surface area contributed by atoms with Gasteiger partial charge in [0.05, 0.1) is 23.5 Å². The third-order valence-electron chi connectivity index (χ3n) is 3.89. The van der Waals surface area contributed by atoms with E-state index in [-0.39, 0.29) is 12.0 Å². The Labute approximate surface area is 130 Å². The molecule has 3 rings (SSSR count). The Morgan fingerprint density at radius 3 is 2.95 bits per heavy atom. The quantitative estimate of drug-likeness (QED) is 0.856. The van der Waals surface area contributed by atoms with Crippen molar-refractivity contribution in [3.05, 3.63) is 41.2 Å². The summed E-state index contributed by atoms with van der Waals surface area (Å²) in [6.45, 7) is 6.56. The van der Waals surface area contributed by atoms with Crippen LogP contribution in [-0.2, 0) is 13.5 Å². The van der Waals surface area contributed by atoms with Gasteiger partial charge < -0.3 is 9.64 Å². The van der Waals surface area contributed by atoms with Crippen LogP contribution in [0.25, 0.3) is 0 Å². The molecule has 0 fully saturated rings. The van der Waals surface area contributed by atoms with E-state index in [1.807, 2.05) is 46.0 Å². The van der Waals surface area contributed by atoms with Crippen molar-refractivity contribution in [3.63, 3.8) is 0 Å². The summed E-state index contributed by atoms with van der Waals surface area (Å²) in [5.74, 6) is 0.763. The molecular weight excluding hydrogens is 278 g/mol. The van der Waals surface area contributed by atoms with E-state index in [0.29, 0.717) is 12.1 Å². The number of amides is 1. The first-order valence-electron chi connectivity index (χ1n) is 7.61. The summed E-state index contributed by atoms with van der Waals surface area (Å²) in [5.41, 5.74) is 3.46. The SMILES string of the molecule is CCc1nn(C)cc1C(=O)N1CC(C)Oc2cc(C)ccc21. The van der Waals surface area contributed by atoms with Gasteiger partial charge >= 0.3 is 0 Å². The van der Waals surface area contributed by atoms with Crippen LogP contribution < -0.4 is 9.64 Å². The molecule has 5 nitrogen and oxygen atoms in total. The fourth-order valence-corrected chi connectivity index (χ4v) is 2.86. The highest BCUT2D eigenvalue weighted by atomic mass is 16.5. The minimum Gasteiger partial charge on any atom is -0.487 e. The van der Waals surface area contributed by atoms with E-state index in [0.717, 1.165) is 29.1 Å². The average molecular weight is 299 g/mol. The highest BCUT2D eigenvalue weighted by Crippen LogP contribution is 2.35. The normalized spacial score (nSPS) is 17.1. The van der Waals surface area contributed by atoms with Crippen molar-refractivity contribution in [3.8, 4) is 5.75 Å². The highest BCUT2D eigenvalue weighted by Gasteiger charge is 2.30. The second-order valence-electron chi connectivity index (χ2n) is 5.83. The monoisotopic (exact) mass is 299 g/mol. The zero-order valence-electron chi connectivity index (χ0n) is 13.5. The lowest BCUT2D eigenvalue weighted by Gasteiger charge is -2.33. The highest BCUT2D eigenvalue weighted by molar-refractivity contribution is 6.07. The van der Waals surface area contributed by atoms with Gasteiger partial charge in [0.25, 0.3) is 5.91 Å². The molecule has 2 heterocycles. The van der Waals surface area contributed by atoms with Gasteiger partial charge in [-0.2, -0.15) is 5.10 Å². The average Bonchev–Trinajstić information content (AvgIpc) is 2.86. The van der Waals surface area contributed by atoms with E-state index in [9.17, 15) is 4.79 Å². The van der Waals surface area contributed by atoms with E-state index in [2.05, 4.69) is 5.10 Å². The van der Waals surface area contributed by atoms with Crippen LogP contribution in [0.1, 0.15) is 35.5 Å². The number of fused-ring (bicyclic) bond motifs is 1. The number of ether oxygens (including phenoxy) is 1. The van der Waals surface area contributed by atoms with Crippen LogP contribution in [0, 0.1) is 6.92 Å². The maximum absolute atomic E-state index is 13.0. The van der Waals surface area contributed by atoms with Gasteiger partial charge in [-0.15, -0.1) is 0 Å². The number of nitrogens with zero attached hydrogens (tertiary/aromatic N) is 3. The second-order valence-corrected chi connectivity index (χ2v) is 5.83. The van der Waals surface area contributed by atoms with Crippen LogP contribution >= 0.6 is 0 Å². The first-order chi connectivity index (χ1) is 10.5. The first-order valence-corrected chi connectivity index (χ1v) is 7.61. The molecule has 22 heavy (non-hydrogen) atoms. The molecule has 0 saturated carbocycles. The molecule has 5 heteroatoms. The first kappa shape index (κ1) is 14.6. The van der Waals surface area contributed by atoms with Gasteiger partial charge in [-0.1, -0.05) is 13.0 Å². The maximum Gasteiger partial charge on any atom is 0.261 e. The van der Waals surface area contributed by atoms with Crippen LogP contribution in [0.15, 0.2) is 24.4 Å². The molecule has 0 spiro atoms. The van der Waals surface area contributed by atoms with E-state index < -0.39 is 0 Å². The summed E-state index contributed by atoms with van der Waals surface area (Å²) < 4.78 is 7.58. The third-order valence-corrected chi connectivity index (χ3v) is 3.89. The Morgan fingerprint density at radius 2 is 2.23 bits per heavy atom. The Morgan fingerprint density at radius 1 is 1.45 bits per heavy atom. The van der Waals surface area contributed by atoms with Gasteiger partial charge in [0.1, 0.15) is 11.9 Å². The van der Waals surface area contributed by atoms with Crippen LogP contribution in [0.2, 0.25) is 0 Å². The summed E-state index contributed by atoms with van der Waals surface area (Å²) in [6, 6.07) is 5.94. The lowest BCUT2D eigenvalue weighted by atomic mass is 10.1. The van der Waals surface area contributed by atoms with Gasteiger partial charge in [0.2, 0.25) is 0 Å². The number of carbonyl (C=O) groups excluding carboxylic acids is 1.